The molecule has 0 fully saturated rings. The highest BCUT2D eigenvalue weighted by atomic mass is 16.5. The lowest BCUT2D eigenvalue weighted by Crippen LogP contribution is -2.59. The zero-order valence-electron chi connectivity index (χ0n) is 32.2. The largest absolute Gasteiger partial charge is 0.481 e. The molecule has 1 heterocycles. The average molecular weight is 734 g/mol. The van der Waals surface area contributed by atoms with Gasteiger partial charge >= 0.3 is 12.2 Å². The van der Waals surface area contributed by atoms with Gasteiger partial charge in [-0.25, -0.2) is 14.6 Å². The van der Waals surface area contributed by atoms with Gasteiger partial charge < -0.3 is 40.6 Å². The van der Waals surface area contributed by atoms with Gasteiger partial charge in [0, 0.05) is 17.7 Å². The summed E-state index contributed by atoms with van der Waals surface area (Å²) in [5.41, 5.74) is 1.91. The van der Waals surface area contributed by atoms with Gasteiger partial charge in [0.2, 0.25) is 17.7 Å². The van der Waals surface area contributed by atoms with E-state index < -0.39 is 65.1 Å². The molecular weight excluding hydrogens is 678 g/mol. The maximum atomic E-state index is 13.9. The zero-order valence-corrected chi connectivity index (χ0v) is 32.2. The molecule has 5 N–H and O–H groups in total. The zero-order chi connectivity index (χ0) is 39.3. The van der Waals surface area contributed by atoms with Crippen LogP contribution < -0.4 is 26.0 Å². The number of benzene rings is 2. The van der Waals surface area contributed by atoms with Crippen LogP contribution in [0.5, 0.6) is 5.88 Å². The van der Waals surface area contributed by atoms with Crippen molar-refractivity contribution in [3.8, 4) is 17.1 Å². The number of aromatic nitrogens is 1. The normalized spacial score (nSPS) is 14.4. The maximum absolute atomic E-state index is 13.9. The lowest BCUT2D eigenvalue weighted by molar-refractivity contribution is -0.128. The highest BCUT2D eigenvalue weighted by Crippen LogP contribution is 2.24. The minimum atomic E-state index is -1.17. The standard InChI is InChI=1S/C40H55N5O8/c1-39(2,3)33(44-37(49)52-8)35(47)41-28(22-25-14-11-10-12-15-25)24-31(46)30(43-36(48)34(40(4,5)6)45-38(50)53-9)23-26-18-20-27(21-19-26)29-16-13-17-32(42-29)51-7/h10-21,28,30-31,33-34,46H,22-24H2,1-9H3,(H,41,47)(H,43,48)(H,44,49)(H,45,50)/t28-,30-,31-,33+,34-/m0/s1. The molecule has 0 saturated carbocycles. The summed E-state index contributed by atoms with van der Waals surface area (Å²) in [6, 6.07) is 19.2. The van der Waals surface area contributed by atoms with Crippen molar-refractivity contribution in [2.24, 2.45) is 10.8 Å². The van der Waals surface area contributed by atoms with Crippen LogP contribution in [0, 0.1) is 10.8 Å². The molecule has 0 bridgehead atoms. The number of aliphatic hydroxyl groups excluding tert-OH is 1. The number of hydrogen-bond acceptors (Lipinski definition) is 9. The fourth-order valence-electron chi connectivity index (χ4n) is 5.84. The molecule has 0 aliphatic heterocycles. The number of alkyl carbamates (subject to hydrolysis) is 2. The van der Waals surface area contributed by atoms with Gasteiger partial charge in [0.1, 0.15) is 12.1 Å². The lowest BCUT2D eigenvalue weighted by atomic mass is 9.85. The van der Waals surface area contributed by atoms with Crippen LogP contribution in [0.25, 0.3) is 11.3 Å². The van der Waals surface area contributed by atoms with E-state index in [1.807, 2.05) is 108 Å². The third kappa shape index (κ3) is 13.1. The van der Waals surface area contributed by atoms with Crippen LogP contribution in [0.1, 0.15) is 59.1 Å². The van der Waals surface area contributed by atoms with E-state index in [2.05, 4.69) is 26.3 Å². The summed E-state index contributed by atoms with van der Waals surface area (Å²) in [6.45, 7) is 10.9. The smallest absolute Gasteiger partial charge is 0.407 e. The maximum Gasteiger partial charge on any atom is 0.407 e. The van der Waals surface area contributed by atoms with Gasteiger partial charge in [-0.05, 0) is 47.3 Å². The predicted molar refractivity (Wildman–Crippen MR) is 202 cm³/mol. The Morgan fingerprint density at radius 2 is 1.19 bits per heavy atom. The fraction of sp³-hybridized carbons (Fsp3) is 0.475. The highest BCUT2D eigenvalue weighted by molar-refractivity contribution is 5.87. The molecule has 13 nitrogen and oxygen atoms in total. The molecule has 53 heavy (non-hydrogen) atoms. The summed E-state index contributed by atoms with van der Waals surface area (Å²) in [7, 11) is 4.00. The molecule has 3 rings (SSSR count). The van der Waals surface area contributed by atoms with Crippen LogP contribution >= 0.6 is 0 Å². The monoisotopic (exact) mass is 733 g/mol. The van der Waals surface area contributed by atoms with E-state index in [9.17, 15) is 24.3 Å². The van der Waals surface area contributed by atoms with Crippen molar-refractivity contribution in [2.45, 2.75) is 91.1 Å². The van der Waals surface area contributed by atoms with Gasteiger partial charge in [-0.3, -0.25) is 9.59 Å². The van der Waals surface area contributed by atoms with Gasteiger partial charge in [-0.1, -0.05) is 102 Å². The summed E-state index contributed by atoms with van der Waals surface area (Å²) < 4.78 is 14.8. The number of ether oxygens (including phenoxy) is 3. The molecule has 288 valence electrons. The number of amides is 4. The Kier molecular flexibility index (Phi) is 15.2. The quantitative estimate of drug-likeness (QED) is 0.147. The summed E-state index contributed by atoms with van der Waals surface area (Å²) >= 11 is 0. The first kappa shape index (κ1) is 42.2. The highest BCUT2D eigenvalue weighted by Gasteiger charge is 2.37. The molecule has 0 saturated heterocycles. The third-order valence-corrected chi connectivity index (χ3v) is 8.78. The molecule has 0 aliphatic rings. The second-order valence-corrected chi connectivity index (χ2v) is 15.1. The number of rotatable bonds is 15. The Labute approximate surface area is 312 Å². The van der Waals surface area contributed by atoms with E-state index in [0.29, 0.717) is 12.3 Å². The van der Waals surface area contributed by atoms with E-state index in [0.717, 1.165) is 22.4 Å². The van der Waals surface area contributed by atoms with Gasteiger partial charge in [0.25, 0.3) is 0 Å². The molecule has 2 aromatic carbocycles. The summed E-state index contributed by atoms with van der Waals surface area (Å²) in [6.07, 6.45) is -2.07. The number of methoxy groups -OCH3 is 3. The molecule has 4 amide bonds. The van der Waals surface area contributed by atoms with E-state index in [-0.39, 0.29) is 12.8 Å². The minimum absolute atomic E-state index is 0.0388. The van der Waals surface area contributed by atoms with Crippen molar-refractivity contribution in [3.63, 3.8) is 0 Å². The first-order valence-corrected chi connectivity index (χ1v) is 17.6. The molecule has 0 radical (unpaired) electrons. The Morgan fingerprint density at radius 1 is 0.660 bits per heavy atom. The average Bonchev–Trinajstić information content (AvgIpc) is 3.11. The molecule has 5 atom stereocenters. The van der Waals surface area contributed by atoms with Crippen LogP contribution in [-0.4, -0.2) is 85.7 Å². The van der Waals surface area contributed by atoms with Crippen LogP contribution in [0.2, 0.25) is 0 Å². The fourth-order valence-corrected chi connectivity index (χ4v) is 5.84. The van der Waals surface area contributed by atoms with Crippen molar-refractivity contribution in [3.05, 3.63) is 83.9 Å². The van der Waals surface area contributed by atoms with Crippen molar-refractivity contribution in [1.29, 1.82) is 0 Å². The second kappa shape index (κ2) is 19.1. The number of carbonyl (C=O) groups excluding carboxylic acids is 4. The van der Waals surface area contributed by atoms with Crippen LogP contribution in [0.3, 0.4) is 0 Å². The van der Waals surface area contributed by atoms with Crippen LogP contribution in [-0.2, 0) is 31.9 Å². The van der Waals surface area contributed by atoms with Crippen molar-refractivity contribution in [1.82, 2.24) is 26.3 Å². The second-order valence-electron chi connectivity index (χ2n) is 15.1. The van der Waals surface area contributed by atoms with Gasteiger partial charge in [0.15, 0.2) is 0 Å². The first-order valence-electron chi connectivity index (χ1n) is 17.6. The minimum Gasteiger partial charge on any atom is -0.481 e. The Morgan fingerprint density at radius 3 is 1.70 bits per heavy atom. The van der Waals surface area contributed by atoms with Gasteiger partial charge in [0.05, 0.1) is 39.2 Å². The van der Waals surface area contributed by atoms with Crippen LogP contribution in [0.15, 0.2) is 72.8 Å². The summed E-state index contributed by atoms with van der Waals surface area (Å²) in [5.74, 6) is -0.477. The number of carbonyl (C=O) groups is 4. The van der Waals surface area contributed by atoms with Gasteiger partial charge in [-0.15, -0.1) is 0 Å². The predicted octanol–water partition coefficient (Wildman–Crippen LogP) is 4.80. The number of aliphatic hydroxyl groups is 1. The van der Waals surface area contributed by atoms with Crippen LogP contribution in [0.4, 0.5) is 9.59 Å². The molecule has 13 heteroatoms. The molecule has 1 aromatic heterocycles. The molecule has 3 aromatic rings. The van der Waals surface area contributed by atoms with E-state index in [1.54, 1.807) is 13.2 Å². The van der Waals surface area contributed by atoms with Crippen molar-refractivity contribution < 1.29 is 38.5 Å². The van der Waals surface area contributed by atoms with E-state index in [4.69, 9.17) is 14.2 Å². The van der Waals surface area contributed by atoms with E-state index >= 15 is 0 Å². The summed E-state index contributed by atoms with van der Waals surface area (Å²) in [5, 5.41) is 23.3. The lowest BCUT2D eigenvalue weighted by Gasteiger charge is -2.34. The molecule has 0 unspecified atom stereocenters. The number of nitrogens with zero attached hydrogens (tertiary/aromatic N) is 1. The van der Waals surface area contributed by atoms with Crippen molar-refractivity contribution >= 4 is 24.0 Å². The van der Waals surface area contributed by atoms with Gasteiger partial charge in [-0.2, -0.15) is 0 Å². The topological polar surface area (TPSA) is 177 Å². The SMILES string of the molecule is COC(=O)N[C@H](C(=O)N[C@@H](Cc1ccccc1)C[C@H](O)[C@H](Cc1ccc(-c2cccc(OC)n2)cc1)NC(=O)[C@H](NC(=O)OC)C(C)(C)C)C(C)(C)C. The molecular formula is C40H55N5O8. The Hall–Kier alpha value is -5.17. The Balaban J connectivity index is 1.97. The van der Waals surface area contributed by atoms with E-state index in [1.165, 1.54) is 14.2 Å². The molecule has 0 spiro atoms. The van der Waals surface area contributed by atoms with Crippen molar-refractivity contribution in [2.75, 3.05) is 21.3 Å². The first-order chi connectivity index (χ1) is 24.9. The number of hydrogen-bond donors (Lipinski definition) is 5. The number of pyridine rings is 1. The summed E-state index contributed by atoms with van der Waals surface area (Å²) in [4.78, 5) is 56.6. The number of nitrogens with one attached hydrogen (secondary N) is 4. The Bertz CT molecular complexity index is 1650. The third-order valence-electron chi connectivity index (χ3n) is 8.78. The molecule has 0 aliphatic carbocycles.